The summed E-state index contributed by atoms with van der Waals surface area (Å²) >= 11 is 0. The van der Waals surface area contributed by atoms with Gasteiger partial charge in [-0.1, -0.05) is 48.5 Å². The van der Waals surface area contributed by atoms with Crippen LogP contribution in [0.4, 0.5) is 21.9 Å². The summed E-state index contributed by atoms with van der Waals surface area (Å²) in [5, 5.41) is 13.1. The van der Waals surface area contributed by atoms with Crippen LogP contribution in [0.1, 0.15) is 43.9 Å². The van der Waals surface area contributed by atoms with E-state index in [4.69, 9.17) is 4.74 Å². The second-order valence-electron chi connectivity index (χ2n) is 12.2. The zero-order chi connectivity index (χ0) is 29.8. The van der Waals surface area contributed by atoms with Gasteiger partial charge in [0.25, 0.3) is 5.91 Å². The highest BCUT2D eigenvalue weighted by Gasteiger charge is 2.61. The summed E-state index contributed by atoms with van der Waals surface area (Å²) in [6.45, 7) is 6.15. The topological polar surface area (TPSA) is 116 Å². The zero-order valence-corrected chi connectivity index (χ0v) is 23.8. The fraction of sp³-hybridized carbons (Fsp3) is 0.333. The first kappa shape index (κ1) is 27.5. The van der Waals surface area contributed by atoms with Crippen LogP contribution in [0.5, 0.6) is 0 Å². The number of nitrogens with one attached hydrogen (secondary N) is 1. The molecule has 9 nitrogen and oxygen atoms in total. The standard InChI is InChI=1S/C33H33N3O6/c1-32(2,3)42-31(41)35-16-15-21(19-35)23(28(37)38)18-20-9-8-10-22(17-20)36-27-14-7-5-12-25(27)33(30(36)40)24-11-4-6-13-26(24)34-29(33)39/h4-14,17,21,23H,15-16,18-19H2,1-3H3,(H,34,39)(H,37,38)/t21-,23?,33?/m0/s1. The van der Waals surface area contributed by atoms with Crippen molar-refractivity contribution in [2.24, 2.45) is 11.8 Å². The molecule has 3 atom stereocenters. The highest BCUT2D eigenvalue weighted by molar-refractivity contribution is 6.32. The van der Waals surface area contributed by atoms with Crippen LogP contribution >= 0.6 is 0 Å². The summed E-state index contributed by atoms with van der Waals surface area (Å²) < 4.78 is 5.48. The minimum atomic E-state index is -1.50. The van der Waals surface area contributed by atoms with Gasteiger partial charge in [-0.15, -0.1) is 0 Å². The number of fused-ring (bicyclic) bond motifs is 4. The number of benzene rings is 3. The van der Waals surface area contributed by atoms with E-state index < -0.39 is 29.0 Å². The summed E-state index contributed by atoms with van der Waals surface area (Å²) in [6, 6.07) is 21.8. The molecule has 3 heterocycles. The SMILES string of the molecule is CC(C)(C)OC(=O)N1CC[C@H](C(Cc2cccc(N3C(=O)C4(C(=O)Nc5ccccc54)c4ccccc43)c2)C(=O)O)C1. The minimum absolute atomic E-state index is 0.230. The molecule has 0 aromatic heterocycles. The maximum absolute atomic E-state index is 14.3. The Morgan fingerprint density at radius 3 is 2.48 bits per heavy atom. The number of likely N-dealkylation sites (tertiary alicyclic amines) is 1. The summed E-state index contributed by atoms with van der Waals surface area (Å²) in [5.41, 5.74) is 1.64. The van der Waals surface area contributed by atoms with E-state index in [1.54, 1.807) is 48.8 Å². The molecule has 216 valence electrons. The number of carboxylic acid groups (broad SMARTS) is 1. The molecule has 2 N–H and O–H groups in total. The third-order valence-electron chi connectivity index (χ3n) is 8.38. The molecule has 2 unspecified atom stereocenters. The highest BCUT2D eigenvalue weighted by Crippen LogP contribution is 2.53. The third kappa shape index (κ3) is 4.40. The van der Waals surface area contributed by atoms with Gasteiger partial charge in [-0.3, -0.25) is 19.3 Å². The Kier molecular flexibility index (Phi) is 6.55. The average molecular weight is 568 g/mol. The molecular formula is C33H33N3O6. The lowest BCUT2D eigenvalue weighted by Crippen LogP contribution is -2.44. The molecule has 1 saturated heterocycles. The summed E-state index contributed by atoms with van der Waals surface area (Å²) in [5.74, 6) is -2.66. The number of amides is 3. The van der Waals surface area contributed by atoms with Gasteiger partial charge >= 0.3 is 12.1 Å². The Bertz CT molecular complexity index is 1610. The van der Waals surface area contributed by atoms with Crippen LogP contribution < -0.4 is 10.2 Å². The van der Waals surface area contributed by atoms with Crippen molar-refractivity contribution in [1.82, 2.24) is 4.90 Å². The number of para-hydroxylation sites is 2. The van der Waals surface area contributed by atoms with E-state index in [1.807, 2.05) is 54.6 Å². The van der Waals surface area contributed by atoms with Crippen molar-refractivity contribution >= 4 is 40.9 Å². The van der Waals surface area contributed by atoms with E-state index in [1.165, 1.54) is 0 Å². The monoisotopic (exact) mass is 567 g/mol. The van der Waals surface area contributed by atoms with Crippen LogP contribution in [0.25, 0.3) is 0 Å². The van der Waals surface area contributed by atoms with Gasteiger partial charge in [-0.05, 0) is 69.4 Å². The molecule has 1 spiro atoms. The largest absolute Gasteiger partial charge is 0.481 e. The number of aliphatic carboxylic acids is 1. The Balaban J connectivity index is 1.29. The third-order valence-corrected chi connectivity index (χ3v) is 8.38. The first-order valence-electron chi connectivity index (χ1n) is 14.2. The summed E-state index contributed by atoms with van der Waals surface area (Å²) in [6.07, 6.45) is 0.354. The van der Waals surface area contributed by atoms with Crippen molar-refractivity contribution in [1.29, 1.82) is 0 Å². The average Bonchev–Trinajstić information content (AvgIpc) is 3.61. The van der Waals surface area contributed by atoms with Crippen molar-refractivity contribution in [2.75, 3.05) is 23.3 Å². The number of hydrogen-bond acceptors (Lipinski definition) is 5. The Morgan fingerprint density at radius 1 is 1.02 bits per heavy atom. The van der Waals surface area contributed by atoms with Crippen molar-refractivity contribution in [3.8, 4) is 0 Å². The number of carboxylic acids is 1. The van der Waals surface area contributed by atoms with E-state index in [9.17, 15) is 24.3 Å². The first-order valence-corrected chi connectivity index (χ1v) is 14.2. The molecule has 0 saturated carbocycles. The van der Waals surface area contributed by atoms with Gasteiger partial charge in [0, 0.05) is 35.6 Å². The smallest absolute Gasteiger partial charge is 0.410 e. The number of ether oxygens (including phenoxy) is 1. The normalized spacial score (nSPS) is 21.7. The molecule has 9 heteroatoms. The van der Waals surface area contributed by atoms with Crippen molar-refractivity contribution < 1.29 is 29.0 Å². The molecule has 3 aliphatic rings. The van der Waals surface area contributed by atoms with Crippen LogP contribution in [0.2, 0.25) is 0 Å². The van der Waals surface area contributed by atoms with Crippen molar-refractivity contribution in [3.05, 3.63) is 89.5 Å². The number of carbonyl (C=O) groups is 4. The zero-order valence-electron chi connectivity index (χ0n) is 23.8. The molecule has 0 bridgehead atoms. The van der Waals surface area contributed by atoms with Crippen LogP contribution in [0.15, 0.2) is 72.8 Å². The van der Waals surface area contributed by atoms with E-state index in [2.05, 4.69) is 5.32 Å². The molecule has 3 aromatic rings. The van der Waals surface area contributed by atoms with Gasteiger partial charge in [0.1, 0.15) is 5.60 Å². The first-order chi connectivity index (χ1) is 20.0. The van der Waals surface area contributed by atoms with Crippen LogP contribution in [0, 0.1) is 11.8 Å². The molecule has 0 radical (unpaired) electrons. The Hall–Kier alpha value is -4.66. The summed E-state index contributed by atoms with van der Waals surface area (Å²) in [4.78, 5) is 56.0. The maximum Gasteiger partial charge on any atom is 0.410 e. The second kappa shape index (κ2) is 10.0. The lowest BCUT2D eigenvalue weighted by Gasteiger charge is -2.25. The van der Waals surface area contributed by atoms with E-state index in [0.29, 0.717) is 47.7 Å². The number of nitrogens with zero attached hydrogens (tertiary/aromatic N) is 2. The molecule has 3 amide bonds. The highest BCUT2D eigenvalue weighted by atomic mass is 16.6. The van der Waals surface area contributed by atoms with Crippen LogP contribution in [-0.2, 0) is 31.0 Å². The van der Waals surface area contributed by atoms with Crippen molar-refractivity contribution in [3.63, 3.8) is 0 Å². The van der Waals surface area contributed by atoms with Crippen LogP contribution in [-0.4, -0.2) is 52.6 Å². The predicted molar refractivity (Wildman–Crippen MR) is 157 cm³/mol. The fourth-order valence-corrected chi connectivity index (χ4v) is 6.51. The molecule has 3 aliphatic heterocycles. The maximum atomic E-state index is 14.3. The lowest BCUT2D eigenvalue weighted by atomic mass is 9.76. The van der Waals surface area contributed by atoms with Gasteiger partial charge < -0.3 is 20.1 Å². The number of anilines is 3. The molecular weight excluding hydrogens is 534 g/mol. The Morgan fingerprint density at radius 2 is 1.74 bits per heavy atom. The van der Waals surface area contributed by atoms with Gasteiger partial charge in [-0.2, -0.15) is 0 Å². The van der Waals surface area contributed by atoms with E-state index in [0.717, 1.165) is 5.56 Å². The fourth-order valence-electron chi connectivity index (χ4n) is 6.51. The molecule has 6 rings (SSSR count). The van der Waals surface area contributed by atoms with E-state index >= 15 is 0 Å². The number of carbonyl (C=O) groups excluding carboxylic acids is 3. The Labute approximate surface area is 244 Å². The minimum Gasteiger partial charge on any atom is -0.481 e. The van der Waals surface area contributed by atoms with Gasteiger partial charge in [0.05, 0.1) is 11.6 Å². The molecule has 3 aromatic carbocycles. The van der Waals surface area contributed by atoms with Gasteiger partial charge in [-0.25, -0.2) is 4.79 Å². The van der Waals surface area contributed by atoms with Crippen molar-refractivity contribution in [2.45, 2.75) is 44.6 Å². The number of rotatable bonds is 5. The quantitative estimate of drug-likeness (QED) is 0.415. The molecule has 42 heavy (non-hydrogen) atoms. The van der Waals surface area contributed by atoms with Crippen LogP contribution in [0.3, 0.4) is 0 Å². The molecule has 1 fully saturated rings. The predicted octanol–water partition coefficient (Wildman–Crippen LogP) is 5.10. The van der Waals surface area contributed by atoms with Gasteiger partial charge in [0.2, 0.25) is 5.91 Å². The van der Waals surface area contributed by atoms with Gasteiger partial charge in [0.15, 0.2) is 5.41 Å². The second-order valence-corrected chi connectivity index (χ2v) is 12.2. The number of hydrogen-bond donors (Lipinski definition) is 2. The summed E-state index contributed by atoms with van der Waals surface area (Å²) in [7, 11) is 0. The molecule has 0 aliphatic carbocycles. The van der Waals surface area contributed by atoms with E-state index in [-0.39, 0.29) is 24.2 Å². The lowest BCUT2D eigenvalue weighted by molar-refractivity contribution is -0.143.